The summed E-state index contributed by atoms with van der Waals surface area (Å²) in [6.07, 6.45) is 1.64. The monoisotopic (exact) mass is 539 g/mol. The first-order valence-corrected chi connectivity index (χ1v) is 12.9. The summed E-state index contributed by atoms with van der Waals surface area (Å²) in [5, 5.41) is 13.7. The third-order valence-corrected chi connectivity index (χ3v) is 6.90. The number of rotatable bonds is 9. The third-order valence-electron chi connectivity index (χ3n) is 6.90. The summed E-state index contributed by atoms with van der Waals surface area (Å²) in [6.45, 7) is 2.65. The molecule has 1 aromatic heterocycles. The molecule has 2 aromatic carbocycles. The van der Waals surface area contributed by atoms with Gasteiger partial charge in [-0.05, 0) is 67.4 Å². The van der Waals surface area contributed by atoms with Crippen LogP contribution in [0.15, 0.2) is 66.9 Å². The number of amides is 1. The molecule has 0 saturated carbocycles. The average molecular weight is 540 g/mol. The van der Waals surface area contributed by atoms with E-state index in [-0.39, 0.29) is 14.0 Å². The number of aliphatic hydroxyl groups excluding tert-OH is 1. The van der Waals surface area contributed by atoms with Crippen molar-refractivity contribution in [3.05, 3.63) is 78.0 Å². The van der Waals surface area contributed by atoms with Crippen molar-refractivity contribution in [2.24, 2.45) is 0 Å². The molecule has 3 heterocycles. The molecule has 3 aromatic rings. The maximum Gasteiger partial charge on any atom is 0.328 e. The van der Waals surface area contributed by atoms with Gasteiger partial charge in [-0.1, -0.05) is 37.8 Å². The van der Waals surface area contributed by atoms with E-state index in [2.05, 4.69) is 15.2 Å². The molecule has 2 aliphatic heterocycles. The van der Waals surface area contributed by atoms with Gasteiger partial charge in [-0.15, -0.1) is 0 Å². The number of alkyl halides is 2. The van der Waals surface area contributed by atoms with E-state index < -0.39 is 30.4 Å². The van der Waals surface area contributed by atoms with Crippen LogP contribution in [0.5, 0.6) is 11.5 Å². The normalized spacial score (nSPS) is 16.7. The molecule has 9 heteroatoms. The van der Waals surface area contributed by atoms with Gasteiger partial charge in [0.2, 0.25) is 0 Å². The lowest BCUT2D eigenvalue weighted by Crippen LogP contribution is -2.52. The number of halogens is 2. The lowest BCUT2D eigenvalue weighted by molar-refractivity contribution is -0.147. The number of ether oxygens (including phenoxy) is 2. The number of carbonyl (C=O) groups is 1. The number of hydrogen-bond acceptors (Lipinski definition) is 6. The Morgan fingerprint density at radius 3 is 2.54 bits per heavy atom. The quantitative estimate of drug-likeness (QED) is 0.412. The summed E-state index contributed by atoms with van der Waals surface area (Å²) in [5.74, 6) is -4.05. The van der Waals surface area contributed by atoms with Crippen molar-refractivity contribution in [3.63, 3.8) is 0 Å². The highest BCUT2D eigenvalue weighted by Gasteiger charge is 2.41. The van der Waals surface area contributed by atoms with Gasteiger partial charge in [-0.25, -0.2) is 0 Å². The first-order valence-electron chi connectivity index (χ1n) is 12.9. The summed E-state index contributed by atoms with van der Waals surface area (Å²) in [5.41, 5.74) is 2.14. The first kappa shape index (κ1) is 28.4. The summed E-state index contributed by atoms with van der Waals surface area (Å²) < 4.78 is 41.6. The van der Waals surface area contributed by atoms with Crippen molar-refractivity contribution >= 4 is 5.91 Å². The molecule has 2 aliphatic rings. The number of pyridine rings is 1. The van der Waals surface area contributed by atoms with E-state index in [9.17, 15) is 9.90 Å². The van der Waals surface area contributed by atoms with E-state index in [1.54, 1.807) is 60.8 Å². The molecule has 1 amide bonds. The molecule has 0 spiro atoms. The number of hydrogen-bond donors (Lipinski definition) is 2. The molecule has 5 rings (SSSR count). The van der Waals surface area contributed by atoms with Crippen LogP contribution >= 0.6 is 0 Å². The molecule has 0 unspecified atom stereocenters. The zero-order valence-corrected chi connectivity index (χ0v) is 21.0. The lowest BCUT2D eigenvalue weighted by Gasteiger charge is -2.30. The van der Waals surface area contributed by atoms with Crippen LogP contribution in [0.2, 0.25) is 0 Å². The average Bonchev–Trinajstić information content (AvgIpc) is 3.45. The number of aliphatic hydroxyl groups is 1. The molecule has 208 valence electrons. The fourth-order valence-corrected chi connectivity index (χ4v) is 4.93. The van der Waals surface area contributed by atoms with Crippen molar-refractivity contribution in [2.75, 3.05) is 32.8 Å². The maximum atomic E-state index is 15.2. The van der Waals surface area contributed by atoms with Crippen molar-refractivity contribution < 1.29 is 28.2 Å². The van der Waals surface area contributed by atoms with Gasteiger partial charge < -0.3 is 24.8 Å². The number of benzene rings is 2. The number of carbonyl (C=O) groups excluding carboxylic acids is 1. The summed E-state index contributed by atoms with van der Waals surface area (Å²) in [4.78, 5) is 19.3. The minimum absolute atomic E-state index is 0. The number of likely N-dealkylation sites (tertiary alicyclic amines) is 1. The minimum atomic E-state index is -3.68. The molecule has 1 fully saturated rings. The Labute approximate surface area is 227 Å². The van der Waals surface area contributed by atoms with Crippen LogP contribution in [0.1, 0.15) is 37.5 Å². The maximum absolute atomic E-state index is 15.2. The predicted octanol–water partition coefficient (Wildman–Crippen LogP) is 4.65. The minimum Gasteiger partial charge on any atom is -0.486 e. The number of nitrogens with zero attached hydrogens (tertiary/aromatic N) is 2. The standard InChI is InChI=1S/C29H31F2N3O4.CH4/c30-29(31,18-20-6-5-7-21(16-20)23-8-1-2-11-32-23)28(36)33-24(19-34-12-3-4-13-34)27(35)22-9-10-25-26(17-22)38-15-14-37-25;/h1-2,5-11,16-17,24,27,35H,3-4,12-15,18-19H2,(H,33,36);1H4/t24-,27-;/m1./s1. The highest BCUT2D eigenvalue weighted by molar-refractivity contribution is 5.84. The van der Waals surface area contributed by atoms with E-state index in [0.29, 0.717) is 47.1 Å². The Hall–Kier alpha value is -3.56. The number of aromatic nitrogens is 1. The lowest BCUT2D eigenvalue weighted by atomic mass is 9.99. The smallest absolute Gasteiger partial charge is 0.328 e. The van der Waals surface area contributed by atoms with E-state index in [1.807, 2.05) is 6.07 Å². The Kier molecular flexibility index (Phi) is 9.14. The first-order chi connectivity index (χ1) is 18.4. The SMILES string of the molecule is C.O=C(N[C@H](CN1CCCC1)[C@H](O)c1ccc2c(c1)OCCO2)C(F)(F)Cc1cccc(-c2ccccn2)c1. The number of nitrogens with one attached hydrogen (secondary N) is 1. The van der Waals surface area contributed by atoms with E-state index in [4.69, 9.17) is 9.47 Å². The predicted molar refractivity (Wildman–Crippen MR) is 145 cm³/mol. The highest BCUT2D eigenvalue weighted by Crippen LogP contribution is 2.34. The van der Waals surface area contributed by atoms with Crippen LogP contribution in [-0.4, -0.2) is 65.7 Å². The number of fused-ring (bicyclic) bond motifs is 1. The second kappa shape index (κ2) is 12.5. The van der Waals surface area contributed by atoms with Gasteiger partial charge in [-0.3, -0.25) is 9.78 Å². The zero-order valence-electron chi connectivity index (χ0n) is 21.0. The van der Waals surface area contributed by atoms with Crippen LogP contribution < -0.4 is 14.8 Å². The van der Waals surface area contributed by atoms with Crippen molar-refractivity contribution in [2.45, 2.75) is 44.8 Å². The van der Waals surface area contributed by atoms with Gasteiger partial charge in [0.05, 0.1) is 11.7 Å². The van der Waals surface area contributed by atoms with Crippen molar-refractivity contribution in [1.29, 1.82) is 0 Å². The third kappa shape index (κ3) is 6.91. The van der Waals surface area contributed by atoms with Gasteiger partial charge >= 0.3 is 5.92 Å². The van der Waals surface area contributed by atoms with E-state index >= 15 is 8.78 Å². The largest absolute Gasteiger partial charge is 0.486 e. The molecule has 39 heavy (non-hydrogen) atoms. The molecule has 1 saturated heterocycles. The summed E-state index contributed by atoms with van der Waals surface area (Å²) in [7, 11) is 0. The van der Waals surface area contributed by atoms with Crippen LogP contribution in [-0.2, 0) is 11.2 Å². The molecule has 0 radical (unpaired) electrons. The van der Waals surface area contributed by atoms with E-state index in [1.165, 1.54) is 0 Å². The van der Waals surface area contributed by atoms with Crippen LogP contribution in [0.3, 0.4) is 0 Å². The van der Waals surface area contributed by atoms with Crippen LogP contribution in [0.4, 0.5) is 8.78 Å². The topological polar surface area (TPSA) is 83.9 Å². The van der Waals surface area contributed by atoms with Gasteiger partial charge in [0.25, 0.3) is 5.91 Å². The van der Waals surface area contributed by atoms with Gasteiger partial charge in [0.15, 0.2) is 11.5 Å². The van der Waals surface area contributed by atoms with Gasteiger partial charge in [0.1, 0.15) is 19.3 Å². The van der Waals surface area contributed by atoms with E-state index in [0.717, 1.165) is 25.9 Å². The fourth-order valence-electron chi connectivity index (χ4n) is 4.93. The highest BCUT2D eigenvalue weighted by atomic mass is 19.3. The van der Waals surface area contributed by atoms with Crippen LogP contribution in [0, 0.1) is 0 Å². The Morgan fingerprint density at radius 1 is 1.03 bits per heavy atom. The molecule has 7 nitrogen and oxygen atoms in total. The molecule has 2 N–H and O–H groups in total. The van der Waals surface area contributed by atoms with Crippen LogP contribution in [0.25, 0.3) is 11.3 Å². The Morgan fingerprint density at radius 2 is 1.79 bits per heavy atom. The van der Waals surface area contributed by atoms with Crippen molar-refractivity contribution in [1.82, 2.24) is 15.2 Å². The van der Waals surface area contributed by atoms with Gasteiger partial charge in [-0.2, -0.15) is 8.78 Å². The zero-order chi connectivity index (χ0) is 26.5. The Bertz CT molecular complexity index is 1250. The second-order valence-electron chi connectivity index (χ2n) is 9.73. The summed E-state index contributed by atoms with van der Waals surface area (Å²) >= 11 is 0. The Balaban J connectivity index is 0.00000353. The van der Waals surface area contributed by atoms with Gasteiger partial charge in [0, 0.05) is 24.7 Å². The van der Waals surface area contributed by atoms with Crippen molar-refractivity contribution in [3.8, 4) is 22.8 Å². The molecule has 0 aliphatic carbocycles. The summed E-state index contributed by atoms with van der Waals surface area (Å²) in [6, 6.07) is 16.1. The molecular weight excluding hydrogens is 504 g/mol. The fraction of sp³-hybridized carbons (Fsp3) is 0.400. The molecule has 0 bridgehead atoms. The second-order valence-corrected chi connectivity index (χ2v) is 9.73. The molecule has 2 atom stereocenters. The molecular formula is C30H35F2N3O4.